The molecule has 2 aromatic heterocycles. The molecule has 0 aliphatic heterocycles. The highest BCUT2D eigenvalue weighted by Crippen LogP contribution is 2.26. The molecule has 0 fully saturated rings. The van der Waals surface area contributed by atoms with Crippen LogP contribution in [0, 0.1) is 5.82 Å². The smallest absolute Gasteiger partial charge is 0.238 e. The molecule has 0 aliphatic rings. The Morgan fingerprint density at radius 2 is 2.00 bits per heavy atom. The molecule has 0 spiro atoms. The van der Waals surface area contributed by atoms with E-state index in [9.17, 15) is 9.18 Å². The van der Waals surface area contributed by atoms with E-state index in [-0.39, 0.29) is 18.3 Å². The van der Waals surface area contributed by atoms with Crippen molar-refractivity contribution in [1.29, 1.82) is 0 Å². The maximum Gasteiger partial charge on any atom is 0.238 e. The van der Waals surface area contributed by atoms with Crippen molar-refractivity contribution < 1.29 is 9.18 Å². The molecule has 3 aromatic rings. The summed E-state index contributed by atoms with van der Waals surface area (Å²) in [6.45, 7) is 1.96. The largest absolute Gasteiger partial charge is 0.324 e. The zero-order valence-electron chi connectivity index (χ0n) is 12.7. The summed E-state index contributed by atoms with van der Waals surface area (Å²) in [6, 6.07) is 9.89. The van der Waals surface area contributed by atoms with Crippen LogP contribution in [0.15, 0.2) is 42.6 Å². The van der Waals surface area contributed by atoms with Crippen molar-refractivity contribution in [2.75, 3.05) is 11.9 Å². The Morgan fingerprint density at radius 1 is 1.26 bits per heavy atom. The van der Waals surface area contributed by atoms with Crippen molar-refractivity contribution in [3.63, 3.8) is 0 Å². The fraction of sp³-hybridized carbons (Fsp3) is 0.176. The van der Waals surface area contributed by atoms with Crippen LogP contribution in [0.4, 0.5) is 10.1 Å². The van der Waals surface area contributed by atoms with E-state index in [1.807, 2.05) is 23.6 Å². The minimum absolute atomic E-state index is 0.0660. The Hall–Kier alpha value is -2.73. The number of pyridine rings is 1. The molecule has 5 nitrogen and oxygen atoms in total. The third-order valence-electron chi connectivity index (χ3n) is 3.64. The van der Waals surface area contributed by atoms with Crippen LogP contribution in [0.25, 0.3) is 16.9 Å². The number of carbonyl (C=O) groups excluding carboxylic acids is 1. The fourth-order valence-corrected chi connectivity index (χ4v) is 2.56. The van der Waals surface area contributed by atoms with Gasteiger partial charge in [-0.15, -0.1) is 0 Å². The number of aromatic nitrogens is 2. The molecular formula is C17H17FN4O. The van der Waals surface area contributed by atoms with Gasteiger partial charge in [0.1, 0.15) is 11.5 Å². The number of halogens is 1. The number of rotatable bonds is 4. The average molecular weight is 312 g/mol. The summed E-state index contributed by atoms with van der Waals surface area (Å²) in [6.07, 6.45) is 2.57. The van der Waals surface area contributed by atoms with Gasteiger partial charge in [-0.1, -0.05) is 6.92 Å². The molecule has 1 amide bonds. The summed E-state index contributed by atoms with van der Waals surface area (Å²) >= 11 is 0. The predicted octanol–water partition coefficient (Wildman–Crippen LogP) is 2.60. The lowest BCUT2D eigenvalue weighted by Crippen LogP contribution is -2.21. The molecule has 1 aromatic carbocycles. The van der Waals surface area contributed by atoms with Gasteiger partial charge in [0.25, 0.3) is 0 Å². The zero-order valence-corrected chi connectivity index (χ0v) is 12.7. The van der Waals surface area contributed by atoms with Crippen LogP contribution in [-0.2, 0) is 11.2 Å². The number of carbonyl (C=O) groups is 1. The Morgan fingerprint density at radius 3 is 2.65 bits per heavy atom. The molecule has 0 saturated heterocycles. The van der Waals surface area contributed by atoms with Crippen molar-refractivity contribution in [1.82, 2.24) is 9.38 Å². The van der Waals surface area contributed by atoms with Gasteiger partial charge in [0.05, 0.1) is 23.6 Å². The van der Waals surface area contributed by atoms with Crippen molar-refractivity contribution >= 4 is 17.2 Å². The van der Waals surface area contributed by atoms with E-state index in [2.05, 4.69) is 10.3 Å². The lowest BCUT2D eigenvalue weighted by molar-refractivity contribution is -0.114. The van der Waals surface area contributed by atoms with Gasteiger partial charge in [-0.3, -0.25) is 4.79 Å². The number of benzene rings is 1. The summed E-state index contributed by atoms with van der Waals surface area (Å²) in [5.74, 6) is -0.524. The third-order valence-corrected chi connectivity index (χ3v) is 3.64. The van der Waals surface area contributed by atoms with E-state index in [1.165, 1.54) is 12.1 Å². The number of nitrogens with zero attached hydrogens (tertiary/aromatic N) is 2. The normalized spacial score (nSPS) is 10.9. The van der Waals surface area contributed by atoms with Crippen LogP contribution in [0.5, 0.6) is 0 Å². The van der Waals surface area contributed by atoms with E-state index < -0.39 is 0 Å². The molecule has 0 saturated carbocycles. The van der Waals surface area contributed by atoms with Gasteiger partial charge in [0, 0.05) is 11.8 Å². The SMILES string of the molecule is CCc1c(-c2ccc(F)cc2)nc2ccc(NC(=O)CN)cn12. The van der Waals surface area contributed by atoms with Gasteiger partial charge in [0.2, 0.25) is 5.91 Å². The molecule has 3 rings (SSSR count). The van der Waals surface area contributed by atoms with Crippen molar-refractivity contribution in [3.8, 4) is 11.3 Å². The highest BCUT2D eigenvalue weighted by Gasteiger charge is 2.13. The molecule has 118 valence electrons. The first-order valence-corrected chi connectivity index (χ1v) is 7.39. The summed E-state index contributed by atoms with van der Waals surface area (Å²) in [5, 5.41) is 2.73. The molecular weight excluding hydrogens is 295 g/mol. The molecule has 3 N–H and O–H groups in total. The first kappa shape index (κ1) is 15.2. The number of imidazole rings is 1. The minimum Gasteiger partial charge on any atom is -0.324 e. The molecule has 6 heteroatoms. The summed E-state index contributed by atoms with van der Waals surface area (Å²) in [4.78, 5) is 16.1. The molecule has 0 bridgehead atoms. The van der Waals surface area contributed by atoms with Crippen LogP contribution >= 0.6 is 0 Å². The van der Waals surface area contributed by atoms with E-state index in [0.717, 1.165) is 29.0 Å². The maximum absolute atomic E-state index is 13.1. The van der Waals surface area contributed by atoms with Gasteiger partial charge in [0.15, 0.2) is 0 Å². The summed E-state index contributed by atoms with van der Waals surface area (Å²) < 4.78 is 15.1. The molecule has 0 atom stereocenters. The molecule has 0 radical (unpaired) electrons. The first-order valence-electron chi connectivity index (χ1n) is 7.39. The number of amides is 1. The summed E-state index contributed by atoms with van der Waals surface area (Å²) in [7, 11) is 0. The number of fused-ring (bicyclic) bond motifs is 1. The first-order chi connectivity index (χ1) is 11.1. The van der Waals surface area contributed by atoms with Crippen molar-refractivity contribution in [2.45, 2.75) is 13.3 Å². The van der Waals surface area contributed by atoms with Crippen LogP contribution in [-0.4, -0.2) is 21.8 Å². The van der Waals surface area contributed by atoms with E-state index in [1.54, 1.807) is 18.2 Å². The number of nitrogens with one attached hydrogen (secondary N) is 1. The Bertz CT molecular complexity index is 855. The Kier molecular flexibility index (Phi) is 4.08. The van der Waals surface area contributed by atoms with E-state index >= 15 is 0 Å². The number of nitrogens with two attached hydrogens (primary N) is 1. The molecule has 23 heavy (non-hydrogen) atoms. The van der Waals surface area contributed by atoms with Gasteiger partial charge in [-0.2, -0.15) is 0 Å². The second-order valence-electron chi connectivity index (χ2n) is 5.17. The fourth-order valence-electron chi connectivity index (χ4n) is 2.56. The number of hydrogen-bond acceptors (Lipinski definition) is 3. The maximum atomic E-state index is 13.1. The summed E-state index contributed by atoms with van der Waals surface area (Å²) in [5.41, 5.74) is 9.42. The van der Waals surface area contributed by atoms with Crippen LogP contribution in [0.2, 0.25) is 0 Å². The van der Waals surface area contributed by atoms with Crippen LogP contribution in [0.3, 0.4) is 0 Å². The van der Waals surface area contributed by atoms with Gasteiger partial charge in [-0.25, -0.2) is 9.37 Å². The lowest BCUT2D eigenvalue weighted by Gasteiger charge is -2.06. The highest BCUT2D eigenvalue weighted by atomic mass is 19.1. The second-order valence-corrected chi connectivity index (χ2v) is 5.17. The number of aryl methyl sites for hydroxylation is 1. The third kappa shape index (κ3) is 2.93. The van der Waals surface area contributed by atoms with Gasteiger partial charge >= 0.3 is 0 Å². The topological polar surface area (TPSA) is 72.4 Å². The Balaban J connectivity index is 2.09. The van der Waals surface area contributed by atoms with Crippen LogP contribution < -0.4 is 11.1 Å². The van der Waals surface area contributed by atoms with Gasteiger partial charge < -0.3 is 15.5 Å². The monoisotopic (exact) mass is 312 g/mol. The molecule has 0 unspecified atom stereocenters. The minimum atomic E-state index is -0.276. The van der Waals surface area contributed by atoms with Gasteiger partial charge in [-0.05, 0) is 42.8 Å². The van der Waals surface area contributed by atoms with Crippen molar-refractivity contribution in [2.24, 2.45) is 5.73 Å². The predicted molar refractivity (Wildman–Crippen MR) is 87.6 cm³/mol. The quantitative estimate of drug-likeness (QED) is 0.778. The highest BCUT2D eigenvalue weighted by molar-refractivity contribution is 5.92. The zero-order chi connectivity index (χ0) is 16.4. The van der Waals surface area contributed by atoms with E-state index in [4.69, 9.17) is 5.73 Å². The van der Waals surface area contributed by atoms with Crippen LogP contribution in [0.1, 0.15) is 12.6 Å². The molecule has 0 aliphatic carbocycles. The van der Waals surface area contributed by atoms with E-state index in [0.29, 0.717) is 5.69 Å². The number of hydrogen-bond donors (Lipinski definition) is 2. The number of anilines is 1. The average Bonchev–Trinajstić information content (AvgIpc) is 2.93. The van der Waals surface area contributed by atoms with Crippen molar-refractivity contribution in [3.05, 3.63) is 54.1 Å². The lowest BCUT2D eigenvalue weighted by atomic mass is 10.1. The Labute approximate surface area is 133 Å². The second kappa shape index (κ2) is 6.18. The molecule has 2 heterocycles. The standard InChI is InChI=1S/C17H17FN4O/c1-2-14-17(11-3-5-12(18)6-4-11)21-15-8-7-13(10-22(14)15)20-16(23)9-19/h3-8,10H,2,9,19H2,1H3,(H,20,23).